The number of methoxy groups -OCH3 is 2. The number of rotatable bonds is 5. The molecule has 0 atom stereocenters. The predicted molar refractivity (Wildman–Crippen MR) is 95.5 cm³/mol. The second kappa shape index (κ2) is 6.96. The Kier molecular flexibility index (Phi) is 4.56. The summed E-state index contributed by atoms with van der Waals surface area (Å²) in [6.45, 7) is 0. The zero-order chi connectivity index (χ0) is 17.8. The molecule has 0 aliphatic heterocycles. The van der Waals surface area contributed by atoms with Crippen molar-refractivity contribution in [1.82, 2.24) is 9.55 Å². The lowest BCUT2D eigenvalue weighted by Crippen LogP contribution is -2.12. The van der Waals surface area contributed by atoms with Gasteiger partial charge < -0.3 is 20.5 Å². The molecule has 3 N–H and O–H groups in total. The summed E-state index contributed by atoms with van der Waals surface area (Å²) in [5, 5.41) is 2.83. The van der Waals surface area contributed by atoms with Crippen LogP contribution in [0, 0.1) is 0 Å². The minimum atomic E-state index is -0.250. The summed E-state index contributed by atoms with van der Waals surface area (Å²) in [6, 6.07) is 10.1. The fourth-order valence-electron chi connectivity index (χ4n) is 2.45. The van der Waals surface area contributed by atoms with E-state index in [0.717, 1.165) is 0 Å². The third kappa shape index (κ3) is 3.40. The second-order valence-electron chi connectivity index (χ2n) is 5.28. The van der Waals surface area contributed by atoms with Gasteiger partial charge in [0, 0.05) is 41.5 Å². The molecule has 128 valence electrons. The molecule has 0 fully saturated rings. The van der Waals surface area contributed by atoms with Crippen molar-refractivity contribution in [3.8, 4) is 17.2 Å². The van der Waals surface area contributed by atoms with E-state index in [1.54, 1.807) is 73.9 Å². The summed E-state index contributed by atoms with van der Waals surface area (Å²) in [5.74, 6) is 0.842. The summed E-state index contributed by atoms with van der Waals surface area (Å²) >= 11 is 0. The largest absolute Gasteiger partial charge is 0.494 e. The van der Waals surface area contributed by atoms with Gasteiger partial charge in [-0.25, -0.2) is 4.98 Å². The minimum Gasteiger partial charge on any atom is -0.494 e. The Morgan fingerprint density at radius 2 is 1.76 bits per heavy atom. The lowest BCUT2D eigenvalue weighted by Gasteiger charge is -2.16. The quantitative estimate of drug-likeness (QED) is 0.698. The monoisotopic (exact) mass is 338 g/mol. The number of carbonyl (C=O) groups is 1. The fraction of sp³-hybridized carbons (Fsp3) is 0.111. The van der Waals surface area contributed by atoms with Crippen molar-refractivity contribution in [2.24, 2.45) is 0 Å². The zero-order valence-electron chi connectivity index (χ0n) is 13.9. The molecule has 3 rings (SSSR count). The lowest BCUT2D eigenvalue weighted by atomic mass is 10.1. The number of nitrogens with two attached hydrogens (primary N) is 1. The topological polar surface area (TPSA) is 91.4 Å². The van der Waals surface area contributed by atoms with Gasteiger partial charge in [-0.2, -0.15) is 0 Å². The number of nitrogen functional groups attached to an aromatic ring is 1. The molecule has 7 heteroatoms. The number of amides is 1. The number of ether oxygens (including phenoxy) is 2. The number of nitrogens with one attached hydrogen (secondary N) is 1. The van der Waals surface area contributed by atoms with E-state index in [1.807, 2.05) is 0 Å². The summed E-state index contributed by atoms with van der Waals surface area (Å²) in [6.07, 6.45) is 5.09. The number of benzene rings is 2. The van der Waals surface area contributed by atoms with Gasteiger partial charge >= 0.3 is 0 Å². The molecule has 2 aromatic carbocycles. The molecule has 0 aliphatic rings. The van der Waals surface area contributed by atoms with Crippen LogP contribution in [0.15, 0.2) is 55.1 Å². The Morgan fingerprint density at radius 3 is 2.28 bits per heavy atom. The number of hydrogen-bond donors (Lipinski definition) is 2. The Labute approximate surface area is 145 Å². The first kappa shape index (κ1) is 16.4. The van der Waals surface area contributed by atoms with E-state index < -0.39 is 0 Å². The van der Waals surface area contributed by atoms with E-state index in [4.69, 9.17) is 15.2 Å². The van der Waals surface area contributed by atoms with Crippen LogP contribution in [0.25, 0.3) is 5.69 Å². The molecule has 0 bridgehead atoms. The molecular weight excluding hydrogens is 320 g/mol. The smallest absolute Gasteiger partial charge is 0.255 e. The van der Waals surface area contributed by atoms with Crippen molar-refractivity contribution in [2.75, 3.05) is 25.3 Å². The van der Waals surface area contributed by atoms with Gasteiger partial charge in [0.15, 0.2) is 0 Å². The molecule has 1 heterocycles. The van der Waals surface area contributed by atoms with Gasteiger partial charge in [-0.1, -0.05) is 0 Å². The molecule has 1 amide bonds. The van der Waals surface area contributed by atoms with Crippen LogP contribution in [0.5, 0.6) is 11.5 Å². The highest BCUT2D eigenvalue weighted by molar-refractivity contribution is 6.04. The molecule has 0 unspecified atom stereocenters. The van der Waals surface area contributed by atoms with Crippen LogP contribution in [0.4, 0.5) is 11.4 Å². The van der Waals surface area contributed by atoms with Crippen molar-refractivity contribution < 1.29 is 14.3 Å². The molecule has 3 aromatic rings. The molecular formula is C18H18N4O3. The average molecular weight is 338 g/mol. The van der Waals surface area contributed by atoms with Gasteiger partial charge in [-0.3, -0.25) is 9.36 Å². The fourth-order valence-corrected chi connectivity index (χ4v) is 2.45. The summed E-state index contributed by atoms with van der Waals surface area (Å²) in [5.41, 5.74) is 8.01. The first-order valence-electron chi connectivity index (χ1n) is 7.53. The number of anilines is 2. The highest BCUT2D eigenvalue weighted by Gasteiger charge is 2.16. The van der Waals surface area contributed by atoms with Crippen LogP contribution in [0.2, 0.25) is 0 Å². The molecule has 0 spiro atoms. The molecule has 1 aromatic heterocycles. The van der Waals surface area contributed by atoms with E-state index in [2.05, 4.69) is 10.3 Å². The first-order valence-corrected chi connectivity index (χ1v) is 7.53. The molecule has 7 nitrogen and oxygen atoms in total. The van der Waals surface area contributed by atoms with Gasteiger partial charge in [0.1, 0.15) is 17.2 Å². The summed E-state index contributed by atoms with van der Waals surface area (Å²) in [7, 11) is 3.11. The van der Waals surface area contributed by atoms with Crippen LogP contribution in [-0.2, 0) is 0 Å². The maximum absolute atomic E-state index is 12.4. The van der Waals surface area contributed by atoms with E-state index in [-0.39, 0.29) is 5.91 Å². The van der Waals surface area contributed by atoms with Crippen LogP contribution in [-0.4, -0.2) is 29.7 Å². The maximum Gasteiger partial charge on any atom is 0.255 e. The third-order valence-electron chi connectivity index (χ3n) is 3.67. The highest BCUT2D eigenvalue weighted by atomic mass is 16.5. The number of carbonyl (C=O) groups excluding carboxylic acids is 1. The van der Waals surface area contributed by atoms with Gasteiger partial charge in [-0.15, -0.1) is 0 Å². The molecule has 0 saturated heterocycles. The number of imidazole rings is 1. The van der Waals surface area contributed by atoms with Gasteiger partial charge in [-0.05, 0) is 24.3 Å². The summed E-state index contributed by atoms with van der Waals surface area (Å²) < 4.78 is 12.7. The predicted octanol–water partition coefficient (Wildman–Crippen LogP) is 2.72. The van der Waals surface area contributed by atoms with E-state index >= 15 is 0 Å². The molecule has 25 heavy (non-hydrogen) atoms. The minimum absolute atomic E-state index is 0.250. The van der Waals surface area contributed by atoms with Crippen molar-refractivity contribution >= 4 is 17.3 Å². The number of nitrogens with zero attached hydrogens (tertiary/aromatic N) is 2. The van der Waals surface area contributed by atoms with Crippen LogP contribution >= 0.6 is 0 Å². The van der Waals surface area contributed by atoms with E-state index in [0.29, 0.717) is 34.1 Å². The van der Waals surface area contributed by atoms with E-state index in [9.17, 15) is 4.79 Å². The van der Waals surface area contributed by atoms with Crippen molar-refractivity contribution in [2.45, 2.75) is 0 Å². The van der Waals surface area contributed by atoms with Crippen LogP contribution < -0.4 is 20.5 Å². The summed E-state index contributed by atoms with van der Waals surface area (Å²) in [4.78, 5) is 16.4. The third-order valence-corrected chi connectivity index (χ3v) is 3.67. The van der Waals surface area contributed by atoms with Gasteiger partial charge in [0.25, 0.3) is 5.91 Å². The second-order valence-corrected chi connectivity index (χ2v) is 5.28. The number of aromatic nitrogens is 2. The van der Waals surface area contributed by atoms with Crippen molar-refractivity contribution in [3.63, 3.8) is 0 Å². The first-order chi connectivity index (χ1) is 12.1. The van der Waals surface area contributed by atoms with Crippen LogP contribution in [0.3, 0.4) is 0 Å². The normalized spacial score (nSPS) is 10.3. The Morgan fingerprint density at radius 1 is 1.12 bits per heavy atom. The lowest BCUT2D eigenvalue weighted by molar-refractivity contribution is 0.102. The van der Waals surface area contributed by atoms with Crippen molar-refractivity contribution in [1.29, 1.82) is 0 Å². The molecule has 0 aliphatic carbocycles. The highest BCUT2D eigenvalue weighted by Crippen LogP contribution is 2.36. The van der Waals surface area contributed by atoms with Gasteiger partial charge in [0.2, 0.25) is 0 Å². The number of hydrogen-bond acceptors (Lipinski definition) is 5. The maximum atomic E-state index is 12.4. The Hall–Kier alpha value is -3.48. The Balaban J connectivity index is 1.95. The Bertz CT molecular complexity index is 849. The van der Waals surface area contributed by atoms with E-state index in [1.165, 1.54) is 0 Å². The SMILES string of the molecule is COc1cc(NC(=O)c2ccc(N)cc2)cc(OC)c1-n1ccnc1. The van der Waals surface area contributed by atoms with Crippen LogP contribution in [0.1, 0.15) is 10.4 Å². The van der Waals surface area contributed by atoms with Crippen molar-refractivity contribution in [3.05, 3.63) is 60.7 Å². The average Bonchev–Trinajstić information content (AvgIpc) is 3.15. The zero-order valence-corrected chi connectivity index (χ0v) is 13.9. The van der Waals surface area contributed by atoms with Gasteiger partial charge in [0.05, 0.1) is 20.5 Å². The molecule has 0 radical (unpaired) electrons. The molecule has 0 saturated carbocycles. The standard InChI is InChI=1S/C18H18N4O3/c1-24-15-9-14(21-18(23)12-3-5-13(19)6-4-12)10-16(25-2)17(15)22-8-7-20-11-22/h3-11H,19H2,1-2H3,(H,21,23).